The number of thioether (sulfide) groups is 1. The molecular weight excluding hydrogens is 452 g/mol. The monoisotopic (exact) mass is 474 g/mol. The van der Waals surface area contributed by atoms with Crippen LogP contribution in [-0.2, 0) is 16.1 Å². The van der Waals surface area contributed by atoms with Gasteiger partial charge in [-0.15, -0.1) is 0 Å². The Morgan fingerprint density at radius 2 is 1.73 bits per heavy atom. The van der Waals surface area contributed by atoms with Gasteiger partial charge in [0.05, 0.1) is 18.6 Å². The standard InChI is InChI=1S/C26H22N2O3S2/c1-31-22-14-8-11-20(15-22)16-23-25(30)28(26(32)33-23)18-24(29)27(21-12-6-3-7-13-21)17-19-9-4-2-5-10-19/h2-16H,17-18H2,1H3. The fraction of sp³-hybridized carbons (Fsp3) is 0.115. The van der Waals surface area contributed by atoms with E-state index in [0.29, 0.717) is 21.5 Å². The Kier molecular flexibility index (Phi) is 7.22. The number of anilines is 1. The van der Waals surface area contributed by atoms with E-state index in [0.717, 1.165) is 16.8 Å². The molecule has 1 fully saturated rings. The van der Waals surface area contributed by atoms with Crippen molar-refractivity contribution in [2.24, 2.45) is 0 Å². The van der Waals surface area contributed by atoms with Gasteiger partial charge in [0.15, 0.2) is 0 Å². The first-order valence-corrected chi connectivity index (χ1v) is 11.6. The molecule has 0 saturated carbocycles. The molecule has 33 heavy (non-hydrogen) atoms. The van der Waals surface area contributed by atoms with Gasteiger partial charge in [0.2, 0.25) is 5.91 Å². The van der Waals surface area contributed by atoms with Crippen molar-refractivity contribution in [2.45, 2.75) is 6.54 Å². The molecule has 166 valence electrons. The Balaban J connectivity index is 1.54. The molecule has 0 N–H and O–H groups in total. The number of amides is 2. The Labute approximate surface area is 202 Å². The second-order valence-corrected chi connectivity index (χ2v) is 9.02. The molecule has 4 rings (SSSR count). The second kappa shape index (κ2) is 10.5. The van der Waals surface area contributed by atoms with Gasteiger partial charge in [-0.2, -0.15) is 0 Å². The third kappa shape index (κ3) is 5.50. The molecule has 7 heteroatoms. The van der Waals surface area contributed by atoms with Gasteiger partial charge in [0, 0.05) is 5.69 Å². The predicted octanol–water partition coefficient (Wildman–Crippen LogP) is 5.13. The van der Waals surface area contributed by atoms with Crippen molar-refractivity contribution in [2.75, 3.05) is 18.6 Å². The van der Waals surface area contributed by atoms with E-state index >= 15 is 0 Å². The van der Waals surface area contributed by atoms with E-state index in [1.54, 1.807) is 18.1 Å². The summed E-state index contributed by atoms with van der Waals surface area (Å²) < 4.78 is 5.62. The van der Waals surface area contributed by atoms with Gasteiger partial charge in [-0.3, -0.25) is 14.5 Å². The van der Waals surface area contributed by atoms with E-state index < -0.39 is 0 Å². The normalized spacial score (nSPS) is 14.6. The number of hydrogen-bond acceptors (Lipinski definition) is 5. The summed E-state index contributed by atoms with van der Waals surface area (Å²) in [7, 11) is 1.60. The van der Waals surface area contributed by atoms with E-state index in [1.807, 2.05) is 84.9 Å². The fourth-order valence-corrected chi connectivity index (χ4v) is 4.69. The molecule has 0 spiro atoms. The largest absolute Gasteiger partial charge is 0.497 e. The van der Waals surface area contributed by atoms with Gasteiger partial charge in [-0.05, 0) is 41.5 Å². The van der Waals surface area contributed by atoms with Gasteiger partial charge in [0.1, 0.15) is 16.6 Å². The molecule has 1 heterocycles. The first-order valence-electron chi connectivity index (χ1n) is 10.3. The average Bonchev–Trinajstić information content (AvgIpc) is 3.11. The molecule has 1 aliphatic rings. The van der Waals surface area contributed by atoms with Crippen LogP contribution in [0.1, 0.15) is 11.1 Å². The molecule has 2 amide bonds. The van der Waals surface area contributed by atoms with Crippen molar-refractivity contribution >= 4 is 51.9 Å². The summed E-state index contributed by atoms with van der Waals surface area (Å²) in [6, 6.07) is 26.6. The zero-order valence-electron chi connectivity index (χ0n) is 18.0. The Hall–Kier alpha value is -3.42. The van der Waals surface area contributed by atoms with Gasteiger partial charge >= 0.3 is 0 Å². The lowest BCUT2D eigenvalue weighted by molar-refractivity contribution is -0.127. The molecule has 3 aromatic carbocycles. The zero-order valence-corrected chi connectivity index (χ0v) is 19.6. The zero-order chi connectivity index (χ0) is 23.2. The van der Waals surface area contributed by atoms with E-state index in [4.69, 9.17) is 17.0 Å². The molecule has 1 saturated heterocycles. The summed E-state index contributed by atoms with van der Waals surface area (Å²) in [4.78, 5) is 30.0. The smallest absolute Gasteiger partial charge is 0.266 e. The number of para-hydroxylation sites is 1. The number of methoxy groups -OCH3 is 1. The minimum Gasteiger partial charge on any atom is -0.497 e. The lowest BCUT2D eigenvalue weighted by Gasteiger charge is -2.25. The topological polar surface area (TPSA) is 49.9 Å². The Morgan fingerprint density at radius 1 is 1.03 bits per heavy atom. The maximum absolute atomic E-state index is 13.4. The summed E-state index contributed by atoms with van der Waals surface area (Å²) in [6.07, 6.45) is 1.77. The number of carbonyl (C=O) groups excluding carboxylic acids is 2. The third-order valence-electron chi connectivity index (χ3n) is 5.11. The Morgan fingerprint density at radius 3 is 2.42 bits per heavy atom. The molecular formula is C26H22N2O3S2. The number of hydrogen-bond donors (Lipinski definition) is 0. The lowest BCUT2D eigenvalue weighted by atomic mass is 10.2. The van der Waals surface area contributed by atoms with Crippen LogP contribution < -0.4 is 9.64 Å². The lowest BCUT2D eigenvalue weighted by Crippen LogP contribution is -2.42. The maximum Gasteiger partial charge on any atom is 0.266 e. The van der Waals surface area contributed by atoms with Crippen LogP contribution in [0.3, 0.4) is 0 Å². The average molecular weight is 475 g/mol. The van der Waals surface area contributed by atoms with Crippen LogP contribution in [0.4, 0.5) is 5.69 Å². The van der Waals surface area contributed by atoms with Crippen LogP contribution in [0.5, 0.6) is 5.75 Å². The minimum absolute atomic E-state index is 0.123. The van der Waals surface area contributed by atoms with Crippen molar-refractivity contribution in [1.29, 1.82) is 0 Å². The minimum atomic E-state index is -0.270. The maximum atomic E-state index is 13.4. The van der Waals surface area contributed by atoms with Gasteiger partial charge in [-0.1, -0.05) is 84.6 Å². The number of nitrogens with zero attached hydrogens (tertiary/aromatic N) is 2. The molecule has 1 aliphatic heterocycles. The quantitative estimate of drug-likeness (QED) is 0.351. The first kappa shape index (κ1) is 22.8. The summed E-state index contributed by atoms with van der Waals surface area (Å²) in [5.74, 6) is 0.228. The number of carbonyl (C=O) groups is 2. The number of thiocarbonyl (C=S) groups is 1. The van der Waals surface area contributed by atoms with Gasteiger partial charge < -0.3 is 9.64 Å². The summed E-state index contributed by atoms with van der Waals surface area (Å²) in [5.41, 5.74) is 2.60. The number of benzene rings is 3. The van der Waals surface area contributed by atoms with E-state index in [9.17, 15) is 9.59 Å². The highest BCUT2D eigenvalue weighted by molar-refractivity contribution is 8.26. The van der Waals surface area contributed by atoms with Crippen LogP contribution in [0.2, 0.25) is 0 Å². The Bertz CT molecular complexity index is 1200. The second-order valence-electron chi connectivity index (χ2n) is 7.35. The van der Waals surface area contributed by atoms with Crippen LogP contribution in [0.15, 0.2) is 89.8 Å². The summed E-state index contributed by atoms with van der Waals surface area (Å²) in [6.45, 7) is 0.278. The fourth-order valence-electron chi connectivity index (χ4n) is 3.44. The highest BCUT2D eigenvalue weighted by Gasteiger charge is 2.34. The SMILES string of the molecule is COc1cccc(C=C2SC(=S)N(CC(=O)N(Cc3ccccc3)c3ccccc3)C2=O)c1. The molecule has 0 bridgehead atoms. The molecule has 0 aromatic heterocycles. The molecule has 0 atom stereocenters. The van der Waals surface area contributed by atoms with Gasteiger partial charge in [0.25, 0.3) is 5.91 Å². The van der Waals surface area contributed by atoms with Crippen LogP contribution in [0, 0.1) is 0 Å². The molecule has 0 radical (unpaired) electrons. The number of rotatable bonds is 7. The summed E-state index contributed by atoms with van der Waals surface area (Å²) >= 11 is 6.64. The third-order valence-corrected chi connectivity index (χ3v) is 6.49. The van der Waals surface area contributed by atoms with Crippen molar-refractivity contribution < 1.29 is 14.3 Å². The van der Waals surface area contributed by atoms with Gasteiger partial charge in [-0.25, -0.2) is 0 Å². The molecule has 3 aromatic rings. The number of ether oxygens (including phenoxy) is 1. The highest BCUT2D eigenvalue weighted by atomic mass is 32.2. The molecule has 5 nitrogen and oxygen atoms in total. The van der Waals surface area contributed by atoms with Crippen LogP contribution in [0.25, 0.3) is 6.08 Å². The van der Waals surface area contributed by atoms with Crippen LogP contribution >= 0.6 is 24.0 Å². The predicted molar refractivity (Wildman–Crippen MR) is 137 cm³/mol. The highest BCUT2D eigenvalue weighted by Crippen LogP contribution is 2.33. The molecule has 0 unspecified atom stereocenters. The van der Waals surface area contributed by atoms with Crippen molar-refractivity contribution in [3.05, 3.63) is 101 Å². The van der Waals surface area contributed by atoms with Crippen LogP contribution in [-0.4, -0.2) is 34.7 Å². The molecule has 0 aliphatic carbocycles. The van der Waals surface area contributed by atoms with E-state index in [1.165, 1.54) is 16.7 Å². The van der Waals surface area contributed by atoms with Crippen molar-refractivity contribution in [3.63, 3.8) is 0 Å². The van der Waals surface area contributed by atoms with E-state index in [-0.39, 0.29) is 18.4 Å². The van der Waals surface area contributed by atoms with E-state index in [2.05, 4.69) is 0 Å². The van der Waals surface area contributed by atoms with Crippen molar-refractivity contribution in [1.82, 2.24) is 4.90 Å². The van der Waals surface area contributed by atoms with Crippen molar-refractivity contribution in [3.8, 4) is 5.75 Å². The first-order chi connectivity index (χ1) is 16.0. The summed E-state index contributed by atoms with van der Waals surface area (Å²) in [5, 5.41) is 0.